The van der Waals surface area contributed by atoms with E-state index in [1.807, 2.05) is 30.3 Å². The molecule has 0 spiro atoms. The maximum absolute atomic E-state index is 13.1. The number of hydroxylamine groups is 1. The summed E-state index contributed by atoms with van der Waals surface area (Å²) >= 11 is 0. The standard InChI is InChI=1S/C20H24N2O6S/c1-20(24)12-11-18(19(23)21-25)22(14-20)29(26,27)17-9-7-16(8-10-17)28-13-15-5-3-2-4-6-15/h2-10,18,24-25H,11-14H2,1H3,(H,21,23)/t18-,20-/m1/s1. The summed E-state index contributed by atoms with van der Waals surface area (Å²) in [7, 11) is -4.08. The Balaban J connectivity index is 1.79. The second-order valence-electron chi connectivity index (χ2n) is 7.32. The molecule has 1 saturated heterocycles. The number of benzene rings is 2. The van der Waals surface area contributed by atoms with E-state index in [9.17, 15) is 18.3 Å². The van der Waals surface area contributed by atoms with Crippen LogP contribution in [0.1, 0.15) is 25.3 Å². The van der Waals surface area contributed by atoms with Crippen molar-refractivity contribution in [2.75, 3.05) is 6.54 Å². The van der Waals surface area contributed by atoms with E-state index in [2.05, 4.69) is 0 Å². The van der Waals surface area contributed by atoms with Crippen molar-refractivity contribution >= 4 is 15.9 Å². The molecule has 1 aliphatic heterocycles. The first kappa shape index (κ1) is 21.3. The van der Waals surface area contributed by atoms with Gasteiger partial charge in [0.25, 0.3) is 5.91 Å². The Morgan fingerprint density at radius 3 is 2.48 bits per heavy atom. The molecule has 0 unspecified atom stereocenters. The smallest absolute Gasteiger partial charge is 0.261 e. The number of aliphatic hydroxyl groups is 1. The number of piperidine rings is 1. The van der Waals surface area contributed by atoms with Crippen molar-refractivity contribution in [1.82, 2.24) is 9.79 Å². The number of carbonyl (C=O) groups excluding carboxylic acids is 1. The number of amides is 1. The molecule has 156 valence electrons. The number of ether oxygens (including phenoxy) is 1. The largest absolute Gasteiger partial charge is 0.489 e. The fourth-order valence-electron chi connectivity index (χ4n) is 3.29. The van der Waals surface area contributed by atoms with Crippen LogP contribution in [0.5, 0.6) is 5.75 Å². The molecule has 1 aliphatic rings. The summed E-state index contributed by atoms with van der Waals surface area (Å²) in [6.45, 7) is 1.61. The van der Waals surface area contributed by atoms with Crippen molar-refractivity contribution in [2.45, 2.75) is 42.9 Å². The highest BCUT2D eigenvalue weighted by atomic mass is 32.2. The lowest BCUT2D eigenvalue weighted by atomic mass is 9.92. The predicted octanol–water partition coefficient (Wildman–Crippen LogP) is 1.68. The van der Waals surface area contributed by atoms with Gasteiger partial charge < -0.3 is 9.84 Å². The van der Waals surface area contributed by atoms with Crippen LogP contribution in [0, 0.1) is 0 Å². The van der Waals surface area contributed by atoms with Gasteiger partial charge in [0.1, 0.15) is 18.4 Å². The minimum atomic E-state index is -4.08. The van der Waals surface area contributed by atoms with Gasteiger partial charge in [0.15, 0.2) is 0 Å². The number of carbonyl (C=O) groups is 1. The molecule has 3 N–H and O–H groups in total. The van der Waals surface area contributed by atoms with Crippen molar-refractivity contribution < 1.29 is 28.3 Å². The molecule has 0 saturated carbocycles. The minimum Gasteiger partial charge on any atom is -0.489 e. The lowest BCUT2D eigenvalue weighted by Crippen LogP contribution is -2.58. The summed E-state index contributed by atoms with van der Waals surface area (Å²) in [4.78, 5) is 11.9. The highest BCUT2D eigenvalue weighted by molar-refractivity contribution is 7.89. The average molecular weight is 420 g/mol. The molecule has 2 atom stereocenters. The summed E-state index contributed by atoms with van der Waals surface area (Å²) < 4.78 is 32.8. The average Bonchev–Trinajstić information content (AvgIpc) is 2.72. The molecular formula is C20H24N2O6S. The topological polar surface area (TPSA) is 116 Å². The van der Waals surface area contributed by atoms with Crippen LogP contribution >= 0.6 is 0 Å². The summed E-state index contributed by atoms with van der Waals surface area (Å²) in [6.07, 6.45) is 0.334. The second kappa shape index (κ2) is 8.50. The van der Waals surface area contributed by atoms with E-state index >= 15 is 0 Å². The van der Waals surface area contributed by atoms with Crippen molar-refractivity contribution in [3.63, 3.8) is 0 Å². The van der Waals surface area contributed by atoms with E-state index in [0.717, 1.165) is 9.87 Å². The van der Waals surface area contributed by atoms with Crippen molar-refractivity contribution in [1.29, 1.82) is 0 Å². The fourth-order valence-corrected chi connectivity index (χ4v) is 5.02. The molecule has 3 rings (SSSR count). The van der Waals surface area contributed by atoms with Gasteiger partial charge in [-0.05, 0) is 49.6 Å². The highest BCUT2D eigenvalue weighted by Gasteiger charge is 2.44. The molecule has 9 heteroatoms. The number of sulfonamides is 1. The molecule has 0 radical (unpaired) electrons. The number of hydrogen-bond donors (Lipinski definition) is 3. The maximum Gasteiger partial charge on any atom is 0.261 e. The summed E-state index contributed by atoms with van der Waals surface area (Å²) in [5.74, 6) is -0.324. The van der Waals surface area contributed by atoms with Crippen LogP contribution < -0.4 is 10.2 Å². The molecule has 2 aromatic carbocycles. The van der Waals surface area contributed by atoms with E-state index in [1.165, 1.54) is 24.5 Å². The van der Waals surface area contributed by atoms with Gasteiger partial charge in [0.2, 0.25) is 10.0 Å². The molecule has 1 heterocycles. The van der Waals surface area contributed by atoms with Gasteiger partial charge in [-0.3, -0.25) is 10.0 Å². The third-order valence-corrected chi connectivity index (χ3v) is 6.76. The van der Waals surface area contributed by atoms with Crippen molar-refractivity contribution in [2.24, 2.45) is 0 Å². The van der Waals surface area contributed by atoms with Gasteiger partial charge in [0.05, 0.1) is 10.5 Å². The highest BCUT2D eigenvalue weighted by Crippen LogP contribution is 2.31. The first-order valence-electron chi connectivity index (χ1n) is 9.18. The van der Waals surface area contributed by atoms with Crippen LogP contribution in [-0.2, 0) is 21.4 Å². The zero-order valence-electron chi connectivity index (χ0n) is 16.0. The van der Waals surface area contributed by atoms with E-state index in [-0.39, 0.29) is 24.3 Å². The molecule has 1 fully saturated rings. The van der Waals surface area contributed by atoms with Gasteiger partial charge >= 0.3 is 0 Å². The molecular weight excluding hydrogens is 396 g/mol. The lowest BCUT2D eigenvalue weighted by Gasteiger charge is -2.40. The Hall–Kier alpha value is -2.46. The quantitative estimate of drug-likeness (QED) is 0.484. The summed E-state index contributed by atoms with van der Waals surface area (Å²) in [5.41, 5.74) is 1.23. The van der Waals surface area contributed by atoms with E-state index in [4.69, 9.17) is 9.94 Å². The molecule has 0 bridgehead atoms. The molecule has 0 aliphatic carbocycles. The van der Waals surface area contributed by atoms with E-state index < -0.39 is 27.6 Å². The van der Waals surface area contributed by atoms with Crippen molar-refractivity contribution in [3.8, 4) is 5.75 Å². The lowest BCUT2D eigenvalue weighted by molar-refractivity contribution is -0.136. The zero-order chi connectivity index (χ0) is 21.1. The number of rotatable bonds is 6. The monoisotopic (exact) mass is 420 g/mol. The first-order chi connectivity index (χ1) is 13.7. The van der Waals surface area contributed by atoms with Gasteiger partial charge in [0, 0.05) is 6.54 Å². The van der Waals surface area contributed by atoms with Crippen LogP contribution in [0.25, 0.3) is 0 Å². The maximum atomic E-state index is 13.1. The van der Waals surface area contributed by atoms with Crippen LogP contribution in [0.2, 0.25) is 0 Å². The Morgan fingerprint density at radius 1 is 1.21 bits per heavy atom. The second-order valence-corrected chi connectivity index (χ2v) is 9.21. The molecule has 29 heavy (non-hydrogen) atoms. The molecule has 2 aromatic rings. The number of hydrogen-bond acceptors (Lipinski definition) is 6. The van der Waals surface area contributed by atoms with Crippen LogP contribution in [0.3, 0.4) is 0 Å². The molecule has 0 aromatic heterocycles. The third-order valence-electron chi connectivity index (χ3n) is 4.89. The Kier molecular flexibility index (Phi) is 6.23. The number of β-amino-alcohol motifs (C(OH)–C–C–N with tert-alkyl or cyclic N) is 1. The zero-order valence-corrected chi connectivity index (χ0v) is 16.8. The molecule has 8 nitrogen and oxygen atoms in total. The van der Waals surface area contributed by atoms with Crippen LogP contribution in [0.15, 0.2) is 59.5 Å². The van der Waals surface area contributed by atoms with Crippen LogP contribution in [-0.4, -0.2) is 47.1 Å². The van der Waals surface area contributed by atoms with Gasteiger partial charge in [-0.25, -0.2) is 13.9 Å². The Morgan fingerprint density at radius 2 is 1.86 bits per heavy atom. The normalized spacial score (nSPS) is 22.8. The molecule has 1 amide bonds. The van der Waals surface area contributed by atoms with E-state index in [0.29, 0.717) is 12.4 Å². The van der Waals surface area contributed by atoms with Gasteiger partial charge in [-0.15, -0.1) is 0 Å². The number of nitrogens with one attached hydrogen (secondary N) is 1. The van der Waals surface area contributed by atoms with E-state index in [1.54, 1.807) is 12.1 Å². The predicted molar refractivity (Wildman–Crippen MR) is 105 cm³/mol. The minimum absolute atomic E-state index is 0.0296. The first-order valence-corrected chi connectivity index (χ1v) is 10.6. The SMILES string of the molecule is C[C@@]1(O)CC[C@H](C(=O)NO)N(S(=O)(=O)c2ccc(OCc3ccccc3)cc2)C1. The Bertz CT molecular complexity index is 945. The van der Waals surface area contributed by atoms with Crippen LogP contribution in [0.4, 0.5) is 0 Å². The fraction of sp³-hybridized carbons (Fsp3) is 0.350. The number of nitrogens with zero attached hydrogens (tertiary/aromatic N) is 1. The third kappa shape index (κ3) is 4.94. The summed E-state index contributed by atoms with van der Waals surface area (Å²) in [6, 6.07) is 14.3. The van der Waals surface area contributed by atoms with Gasteiger partial charge in [-0.2, -0.15) is 4.31 Å². The Labute approximate surface area is 169 Å². The van der Waals surface area contributed by atoms with Crippen molar-refractivity contribution in [3.05, 3.63) is 60.2 Å². The summed E-state index contributed by atoms with van der Waals surface area (Å²) in [5, 5.41) is 19.3. The van der Waals surface area contributed by atoms with Gasteiger partial charge in [-0.1, -0.05) is 30.3 Å².